The zero-order chi connectivity index (χ0) is 19.8. The molecule has 0 bridgehead atoms. The van der Waals surface area contributed by atoms with Crippen LogP contribution in [0.5, 0.6) is 0 Å². The monoisotopic (exact) mass is 513 g/mol. The maximum atomic E-state index is 12.0. The van der Waals surface area contributed by atoms with Crippen molar-refractivity contribution in [2.75, 3.05) is 33.2 Å². The molecule has 0 saturated carbocycles. The number of nitrogens with one attached hydrogen (secondary N) is 2. The van der Waals surface area contributed by atoms with Gasteiger partial charge >= 0.3 is 0 Å². The molecule has 0 radical (unpaired) electrons. The first-order valence-electron chi connectivity index (χ1n) is 10.7. The maximum Gasteiger partial charge on any atom is 0.222 e. The number of hydrogen-bond acceptors (Lipinski definition) is 3. The minimum atomic E-state index is 0. The van der Waals surface area contributed by atoms with Gasteiger partial charge in [-0.1, -0.05) is 31.2 Å². The number of nitrogens with zero attached hydrogens (tertiary/aromatic N) is 3. The van der Waals surface area contributed by atoms with Gasteiger partial charge in [0.1, 0.15) is 0 Å². The number of piperidine rings is 1. The third-order valence-electron chi connectivity index (χ3n) is 5.79. The van der Waals surface area contributed by atoms with Crippen molar-refractivity contribution < 1.29 is 4.79 Å². The van der Waals surface area contributed by atoms with Crippen LogP contribution in [0.15, 0.2) is 29.3 Å². The van der Waals surface area contributed by atoms with Gasteiger partial charge in [0.2, 0.25) is 5.91 Å². The van der Waals surface area contributed by atoms with E-state index in [0.717, 1.165) is 44.9 Å². The Morgan fingerprint density at radius 1 is 1.17 bits per heavy atom. The van der Waals surface area contributed by atoms with Crippen LogP contribution in [0.2, 0.25) is 0 Å². The number of rotatable bonds is 7. The van der Waals surface area contributed by atoms with Crippen LogP contribution in [0.1, 0.15) is 50.2 Å². The SMILES string of the molecule is CCCN1CCC(NC(=NC)NCc2ccccc2CN2CCCC2=O)CC1.I. The molecule has 2 heterocycles. The number of likely N-dealkylation sites (tertiary alicyclic amines) is 2. The van der Waals surface area contributed by atoms with E-state index < -0.39 is 0 Å². The number of halogens is 1. The fourth-order valence-electron chi connectivity index (χ4n) is 4.15. The highest BCUT2D eigenvalue weighted by Crippen LogP contribution is 2.17. The highest BCUT2D eigenvalue weighted by Gasteiger charge is 2.21. The minimum absolute atomic E-state index is 0. The van der Waals surface area contributed by atoms with Gasteiger partial charge in [-0.3, -0.25) is 9.79 Å². The summed E-state index contributed by atoms with van der Waals surface area (Å²) < 4.78 is 0. The van der Waals surface area contributed by atoms with Gasteiger partial charge in [0, 0.05) is 52.2 Å². The van der Waals surface area contributed by atoms with Gasteiger partial charge < -0.3 is 20.4 Å². The average molecular weight is 513 g/mol. The summed E-state index contributed by atoms with van der Waals surface area (Å²) in [6, 6.07) is 8.86. The van der Waals surface area contributed by atoms with Crippen molar-refractivity contribution in [1.82, 2.24) is 20.4 Å². The number of guanidine groups is 1. The third-order valence-corrected chi connectivity index (χ3v) is 5.79. The number of carbonyl (C=O) groups excluding carboxylic acids is 1. The molecule has 7 heteroatoms. The normalized spacial score (nSPS) is 18.6. The average Bonchev–Trinajstić information content (AvgIpc) is 3.12. The first-order valence-corrected chi connectivity index (χ1v) is 10.7. The summed E-state index contributed by atoms with van der Waals surface area (Å²) in [6.07, 6.45) is 5.22. The Morgan fingerprint density at radius 3 is 2.52 bits per heavy atom. The van der Waals surface area contributed by atoms with Crippen molar-refractivity contribution in [2.24, 2.45) is 4.99 Å². The quantitative estimate of drug-likeness (QED) is 0.335. The number of benzene rings is 1. The zero-order valence-corrected chi connectivity index (χ0v) is 20.2. The first kappa shape index (κ1) is 23.9. The van der Waals surface area contributed by atoms with E-state index in [0.29, 0.717) is 25.6 Å². The second-order valence-corrected chi connectivity index (χ2v) is 7.87. The van der Waals surface area contributed by atoms with Gasteiger partial charge in [0.05, 0.1) is 0 Å². The highest BCUT2D eigenvalue weighted by atomic mass is 127. The molecule has 1 aromatic carbocycles. The summed E-state index contributed by atoms with van der Waals surface area (Å²) in [6.45, 7) is 8.07. The Morgan fingerprint density at radius 2 is 1.90 bits per heavy atom. The van der Waals surface area contributed by atoms with Crippen molar-refractivity contribution in [3.8, 4) is 0 Å². The molecule has 0 aromatic heterocycles. The van der Waals surface area contributed by atoms with Crippen LogP contribution < -0.4 is 10.6 Å². The standard InChI is InChI=1S/C22H35N5O.HI/c1-3-12-26-14-10-20(11-15-26)25-22(23-2)24-16-18-7-4-5-8-19(18)17-27-13-6-9-21(27)28;/h4-5,7-8,20H,3,6,9-17H2,1-2H3,(H2,23,24,25);1H. The molecular weight excluding hydrogens is 477 g/mol. The van der Waals surface area contributed by atoms with Crippen LogP contribution >= 0.6 is 24.0 Å². The molecule has 2 saturated heterocycles. The van der Waals surface area contributed by atoms with Crippen molar-refractivity contribution in [3.63, 3.8) is 0 Å². The molecule has 162 valence electrons. The highest BCUT2D eigenvalue weighted by molar-refractivity contribution is 14.0. The van der Waals surface area contributed by atoms with Crippen LogP contribution in [0.3, 0.4) is 0 Å². The van der Waals surface area contributed by atoms with E-state index in [2.05, 4.69) is 51.7 Å². The molecular formula is C22H36IN5O. The minimum Gasteiger partial charge on any atom is -0.354 e. The smallest absolute Gasteiger partial charge is 0.222 e. The van der Waals surface area contributed by atoms with Crippen molar-refractivity contribution in [2.45, 2.75) is 58.2 Å². The Kier molecular flexibility index (Phi) is 10.2. The second-order valence-electron chi connectivity index (χ2n) is 7.87. The Hall–Kier alpha value is -1.35. The summed E-state index contributed by atoms with van der Waals surface area (Å²) in [5.74, 6) is 1.13. The molecule has 3 rings (SSSR count). The molecule has 2 aliphatic heterocycles. The molecule has 2 N–H and O–H groups in total. The molecule has 0 unspecified atom stereocenters. The summed E-state index contributed by atoms with van der Waals surface area (Å²) in [7, 11) is 1.83. The van der Waals surface area contributed by atoms with E-state index in [1.165, 1.54) is 24.1 Å². The fraction of sp³-hybridized carbons (Fsp3) is 0.636. The van der Waals surface area contributed by atoms with Gasteiger partial charge in [-0.25, -0.2) is 0 Å². The largest absolute Gasteiger partial charge is 0.354 e. The molecule has 1 aromatic rings. The number of aliphatic imine (C=N–C) groups is 1. The lowest BCUT2D eigenvalue weighted by molar-refractivity contribution is -0.128. The lowest BCUT2D eigenvalue weighted by Crippen LogP contribution is -2.48. The Bertz CT molecular complexity index is 673. The molecule has 0 atom stereocenters. The van der Waals surface area contributed by atoms with Gasteiger partial charge in [-0.15, -0.1) is 24.0 Å². The molecule has 0 aliphatic carbocycles. The van der Waals surface area contributed by atoms with E-state index in [1.807, 2.05) is 11.9 Å². The second kappa shape index (κ2) is 12.4. The van der Waals surface area contributed by atoms with E-state index >= 15 is 0 Å². The maximum absolute atomic E-state index is 12.0. The first-order chi connectivity index (χ1) is 13.7. The molecule has 29 heavy (non-hydrogen) atoms. The van der Waals surface area contributed by atoms with Gasteiger partial charge in [0.15, 0.2) is 5.96 Å². The molecule has 6 nitrogen and oxygen atoms in total. The molecule has 0 spiro atoms. The lowest BCUT2D eigenvalue weighted by Gasteiger charge is -2.32. The third kappa shape index (κ3) is 7.13. The van der Waals surface area contributed by atoms with E-state index in [-0.39, 0.29) is 29.9 Å². The molecule has 2 fully saturated rings. The Balaban J connectivity index is 0.00000300. The molecule has 1 amide bonds. The zero-order valence-electron chi connectivity index (χ0n) is 17.8. The van der Waals surface area contributed by atoms with Crippen LogP contribution in [0.25, 0.3) is 0 Å². The van der Waals surface area contributed by atoms with E-state index in [1.54, 1.807) is 0 Å². The summed E-state index contributed by atoms with van der Waals surface area (Å²) in [4.78, 5) is 20.9. The topological polar surface area (TPSA) is 60.0 Å². The Labute approximate surface area is 192 Å². The van der Waals surface area contributed by atoms with Crippen molar-refractivity contribution in [1.29, 1.82) is 0 Å². The van der Waals surface area contributed by atoms with Crippen LogP contribution in [0.4, 0.5) is 0 Å². The number of hydrogen-bond donors (Lipinski definition) is 2. The van der Waals surface area contributed by atoms with E-state index in [4.69, 9.17) is 0 Å². The van der Waals surface area contributed by atoms with Gasteiger partial charge in [-0.05, 0) is 43.4 Å². The number of carbonyl (C=O) groups is 1. The predicted molar refractivity (Wildman–Crippen MR) is 130 cm³/mol. The van der Waals surface area contributed by atoms with E-state index in [9.17, 15) is 4.79 Å². The van der Waals surface area contributed by atoms with Gasteiger partial charge in [0.25, 0.3) is 0 Å². The predicted octanol–water partition coefficient (Wildman–Crippen LogP) is 2.97. The van der Waals surface area contributed by atoms with Crippen molar-refractivity contribution >= 4 is 35.8 Å². The molecule has 2 aliphatic rings. The summed E-state index contributed by atoms with van der Waals surface area (Å²) in [5, 5.41) is 7.05. The van der Waals surface area contributed by atoms with Crippen LogP contribution in [-0.2, 0) is 17.9 Å². The summed E-state index contributed by atoms with van der Waals surface area (Å²) >= 11 is 0. The van der Waals surface area contributed by atoms with Crippen LogP contribution in [0, 0.1) is 0 Å². The lowest BCUT2D eigenvalue weighted by atomic mass is 10.0. The van der Waals surface area contributed by atoms with Crippen LogP contribution in [-0.4, -0.2) is 60.9 Å². The van der Waals surface area contributed by atoms with Crippen molar-refractivity contribution in [3.05, 3.63) is 35.4 Å². The summed E-state index contributed by atoms with van der Waals surface area (Å²) in [5.41, 5.74) is 2.44. The number of amides is 1. The van der Waals surface area contributed by atoms with Gasteiger partial charge in [-0.2, -0.15) is 0 Å². The fourth-order valence-corrected chi connectivity index (χ4v) is 4.15.